The normalized spacial score (nSPS) is 15.1. The maximum absolute atomic E-state index is 5.72. The van der Waals surface area contributed by atoms with Crippen LogP contribution in [0.25, 0.3) is 0 Å². The lowest BCUT2D eigenvalue weighted by atomic mass is 9.99. The van der Waals surface area contributed by atoms with Crippen molar-refractivity contribution in [2.45, 2.75) is 26.7 Å². The number of hydrogen-bond acceptors (Lipinski definition) is 2. The molecule has 2 rings (SSSR count). The molecule has 15 heavy (non-hydrogen) atoms. The van der Waals surface area contributed by atoms with E-state index in [1.165, 1.54) is 16.8 Å². The predicted molar refractivity (Wildman–Crippen MR) is 64.0 cm³/mol. The van der Waals surface area contributed by atoms with Crippen LogP contribution >= 0.6 is 0 Å². The summed E-state index contributed by atoms with van der Waals surface area (Å²) >= 11 is 0. The Bertz CT molecular complexity index is 371. The quantitative estimate of drug-likeness (QED) is 0.699. The summed E-state index contributed by atoms with van der Waals surface area (Å²) in [5.41, 5.74) is 3.89. The molecular weight excluding hydrogens is 186 g/mol. The second kappa shape index (κ2) is 3.76. The number of aryl methyl sites for hydroxylation is 1. The molecule has 0 amide bonds. The molecule has 2 nitrogen and oxygen atoms in total. The summed E-state index contributed by atoms with van der Waals surface area (Å²) in [5.74, 6) is 1.64. The average molecular weight is 205 g/mol. The second-order valence-electron chi connectivity index (χ2n) is 4.61. The van der Waals surface area contributed by atoms with Crippen molar-refractivity contribution in [3.8, 4) is 5.75 Å². The fourth-order valence-electron chi connectivity index (χ4n) is 1.99. The first-order chi connectivity index (χ1) is 7.09. The van der Waals surface area contributed by atoms with Gasteiger partial charge in [-0.25, -0.2) is 0 Å². The smallest absolute Gasteiger partial charge is 0.145 e. The third kappa shape index (κ3) is 1.81. The number of nitrogens with zero attached hydrogens (tertiary/aromatic N) is 1. The van der Waals surface area contributed by atoms with E-state index in [4.69, 9.17) is 4.74 Å². The zero-order valence-corrected chi connectivity index (χ0v) is 10.0. The molecule has 0 saturated carbocycles. The molecule has 82 valence electrons. The zero-order chi connectivity index (χ0) is 11.0. The minimum absolute atomic E-state index is 0.573. The van der Waals surface area contributed by atoms with Gasteiger partial charge in [-0.3, -0.25) is 0 Å². The fraction of sp³-hybridized carbons (Fsp3) is 0.538. The van der Waals surface area contributed by atoms with Gasteiger partial charge in [0.05, 0.1) is 12.2 Å². The first-order valence-electron chi connectivity index (χ1n) is 5.58. The molecule has 0 fully saturated rings. The van der Waals surface area contributed by atoms with E-state index >= 15 is 0 Å². The monoisotopic (exact) mass is 205 g/mol. The summed E-state index contributed by atoms with van der Waals surface area (Å²) in [6.45, 7) is 8.36. The van der Waals surface area contributed by atoms with E-state index in [-0.39, 0.29) is 0 Å². The minimum Gasteiger partial charge on any atom is -0.489 e. The van der Waals surface area contributed by atoms with Crippen molar-refractivity contribution in [3.63, 3.8) is 0 Å². The largest absolute Gasteiger partial charge is 0.489 e. The van der Waals surface area contributed by atoms with Crippen molar-refractivity contribution in [1.29, 1.82) is 0 Å². The van der Waals surface area contributed by atoms with Crippen molar-refractivity contribution < 1.29 is 4.74 Å². The van der Waals surface area contributed by atoms with Crippen LogP contribution in [0.2, 0.25) is 0 Å². The SMILES string of the molecule is Cc1cc(C(C)C)cc2c1OCCN2C. The molecule has 0 aliphatic carbocycles. The molecule has 1 aliphatic rings. The van der Waals surface area contributed by atoms with Gasteiger partial charge in [0.1, 0.15) is 12.4 Å². The molecule has 1 heterocycles. The van der Waals surface area contributed by atoms with E-state index < -0.39 is 0 Å². The number of anilines is 1. The van der Waals surface area contributed by atoms with E-state index in [0.717, 1.165) is 18.9 Å². The van der Waals surface area contributed by atoms with Crippen LogP contribution in [0.4, 0.5) is 5.69 Å². The second-order valence-corrected chi connectivity index (χ2v) is 4.61. The Morgan fingerprint density at radius 2 is 2.07 bits per heavy atom. The summed E-state index contributed by atoms with van der Waals surface area (Å²) in [5, 5.41) is 0. The lowest BCUT2D eigenvalue weighted by molar-refractivity contribution is 0.309. The first kappa shape index (κ1) is 10.3. The third-order valence-corrected chi connectivity index (χ3v) is 3.03. The molecule has 0 aromatic heterocycles. The van der Waals surface area contributed by atoms with Crippen molar-refractivity contribution in [3.05, 3.63) is 23.3 Å². The highest BCUT2D eigenvalue weighted by Gasteiger charge is 2.18. The summed E-state index contributed by atoms with van der Waals surface area (Å²) in [7, 11) is 2.13. The minimum atomic E-state index is 0.573. The van der Waals surface area contributed by atoms with Gasteiger partial charge in [0.25, 0.3) is 0 Å². The van der Waals surface area contributed by atoms with Crippen LogP contribution in [0.1, 0.15) is 30.9 Å². The molecule has 2 heteroatoms. The molecule has 0 unspecified atom stereocenters. The Labute approximate surface area is 91.9 Å². The molecule has 0 saturated heterocycles. The van der Waals surface area contributed by atoms with Gasteiger partial charge in [-0.15, -0.1) is 0 Å². The van der Waals surface area contributed by atoms with Crippen molar-refractivity contribution in [1.82, 2.24) is 0 Å². The lowest BCUT2D eigenvalue weighted by Crippen LogP contribution is -2.29. The number of hydrogen-bond donors (Lipinski definition) is 0. The number of ether oxygens (including phenoxy) is 1. The maximum Gasteiger partial charge on any atom is 0.145 e. The van der Waals surface area contributed by atoms with Crippen LogP contribution in [0, 0.1) is 6.92 Å². The van der Waals surface area contributed by atoms with Gasteiger partial charge in [-0.2, -0.15) is 0 Å². The van der Waals surface area contributed by atoms with Crippen LogP contribution in [0.5, 0.6) is 5.75 Å². The highest BCUT2D eigenvalue weighted by Crippen LogP contribution is 2.36. The molecule has 0 spiro atoms. The fourth-order valence-corrected chi connectivity index (χ4v) is 1.99. The summed E-state index contributed by atoms with van der Waals surface area (Å²) in [4.78, 5) is 2.28. The van der Waals surface area contributed by atoms with Crippen molar-refractivity contribution in [2.75, 3.05) is 25.1 Å². The molecule has 0 radical (unpaired) electrons. The van der Waals surface area contributed by atoms with Gasteiger partial charge < -0.3 is 9.64 Å². The molecule has 0 atom stereocenters. The molecule has 1 aromatic rings. The van der Waals surface area contributed by atoms with Crippen LogP contribution in [-0.2, 0) is 0 Å². The van der Waals surface area contributed by atoms with Crippen LogP contribution < -0.4 is 9.64 Å². The summed E-state index contributed by atoms with van der Waals surface area (Å²) < 4.78 is 5.72. The van der Waals surface area contributed by atoms with Crippen LogP contribution in [0.15, 0.2) is 12.1 Å². The lowest BCUT2D eigenvalue weighted by Gasteiger charge is -2.30. The maximum atomic E-state index is 5.72. The first-order valence-corrected chi connectivity index (χ1v) is 5.58. The molecule has 0 bridgehead atoms. The van der Waals surface area contributed by atoms with E-state index in [2.05, 4.69) is 44.9 Å². The number of fused-ring (bicyclic) bond motifs is 1. The van der Waals surface area contributed by atoms with Gasteiger partial charge in [0, 0.05) is 7.05 Å². The molecule has 1 aromatic carbocycles. The zero-order valence-electron chi connectivity index (χ0n) is 10.0. The highest BCUT2D eigenvalue weighted by atomic mass is 16.5. The van der Waals surface area contributed by atoms with Gasteiger partial charge >= 0.3 is 0 Å². The van der Waals surface area contributed by atoms with E-state index in [1.54, 1.807) is 0 Å². The molecular formula is C13H19NO. The summed E-state index contributed by atoms with van der Waals surface area (Å²) in [6.07, 6.45) is 0. The van der Waals surface area contributed by atoms with E-state index in [1.807, 2.05) is 0 Å². The van der Waals surface area contributed by atoms with Gasteiger partial charge in [0.15, 0.2) is 0 Å². The highest BCUT2D eigenvalue weighted by molar-refractivity contribution is 5.64. The van der Waals surface area contributed by atoms with Crippen LogP contribution in [-0.4, -0.2) is 20.2 Å². The van der Waals surface area contributed by atoms with Crippen molar-refractivity contribution >= 4 is 5.69 Å². The van der Waals surface area contributed by atoms with Crippen LogP contribution in [0.3, 0.4) is 0 Å². The number of likely N-dealkylation sites (N-methyl/N-ethyl adjacent to an activating group) is 1. The van der Waals surface area contributed by atoms with Crippen molar-refractivity contribution in [2.24, 2.45) is 0 Å². The Morgan fingerprint density at radius 1 is 1.33 bits per heavy atom. The Balaban J connectivity index is 2.52. The number of benzene rings is 1. The molecule has 0 N–H and O–H groups in total. The standard InChI is InChI=1S/C13H19NO/c1-9(2)11-7-10(3)13-12(8-11)14(4)5-6-15-13/h7-9H,5-6H2,1-4H3. The Kier molecular flexibility index (Phi) is 2.59. The van der Waals surface area contributed by atoms with Gasteiger partial charge in [-0.05, 0) is 30.0 Å². The van der Waals surface area contributed by atoms with E-state index in [0.29, 0.717) is 5.92 Å². The molecule has 1 aliphatic heterocycles. The Morgan fingerprint density at radius 3 is 2.73 bits per heavy atom. The number of rotatable bonds is 1. The third-order valence-electron chi connectivity index (χ3n) is 3.03. The average Bonchev–Trinajstić information content (AvgIpc) is 2.19. The predicted octanol–water partition coefficient (Wildman–Crippen LogP) is 2.95. The van der Waals surface area contributed by atoms with Gasteiger partial charge in [-0.1, -0.05) is 19.9 Å². The van der Waals surface area contributed by atoms with Gasteiger partial charge in [0.2, 0.25) is 0 Å². The topological polar surface area (TPSA) is 12.5 Å². The summed E-state index contributed by atoms with van der Waals surface area (Å²) in [6, 6.07) is 4.49. The van der Waals surface area contributed by atoms with E-state index in [9.17, 15) is 0 Å². The Hall–Kier alpha value is -1.18.